The molecule has 2 rings (SSSR count). The van der Waals surface area contributed by atoms with Crippen LogP contribution < -0.4 is 0 Å². The first-order chi connectivity index (χ1) is 9.30. The van der Waals surface area contributed by atoms with Crippen molar-refractivity contribution in [1.29, 1.82) is 0 Å². The zero-order valence-electron chi connectivity index (χ0n) is 12.4. The highest BCUT2D eigenvalue weighted by Crippen LogP contribution is 2.21. The molecule has 1 atom stereocenters. The van der Waals surface area contributed by atoms with E-state index in [1.54, 1.807) is 6.20 Å². The van der Waals surface area contributed by atoms with Gasteiger partial charge in [-0.25, -0.2) is 9.78 Å². The van der Waals surface area contributed by atoms with Gasteiger partial charge in [0.25, 0.3) is 0 Å². The second-order valence-corrected chi connectivity index (χ2v) is 6.07. The van der Waals surface area contributed by atoms with Crippen LogP contribution in [0.25, 0.3) is 5.65 Å². The third-order valence-corrected chi connectivity index (χ3v) is 3.38. The Morgan fingerprint density at radius 3 is 2.75 bits per heavy atom. The fourth-order valence-corrected chi connectivity index (χ4v) is 2.71. The van der Waals surface area contributed by atoms with E-state index in [1.807, 2.05) is 56.6 Å². The predicted molar refractivity (Wildman–Crippen MR) is 78.0 cm³/mol. The lowest BCUT2D eigenvalue weighted by Crippen LogP contribution is -2.50. The summed E-state index contributed by atoms with van der Waals surface area (Å²) >= 11 is 0. The van der Waals surface area contributed by atoms with Crippen molar-refractivity contribution in [2.45, 2.75) is 45.7 Å². The van der Waals surface area contributed by atoms with E-state index in [0.29, 0.717) is 6.42 Å². The molecule has 0 saturated carbocycles. The number of carbonyl (C=O) groups is 1. The van der Waals surface area contributed by atoms with E-state index in [2.05, 4.69) is 4.98 Å². The third kappa shape index (κ3) is 2.76. The average Bonchev–Trinajstić information content (AvgIpc) is 2.75. The summed E-state index contributed by atoms with van der Waals surface area (Å²) < 4.78 is 1.95. The minimum atomic E-state index is -0.889. The van der Waals surface area contributed by atoms with Gasteiger partial charge in [-0.05, 0) is 45.7 Å². The van der Waals surface area contributed by atoms with Gasteiger partial charge in [0.05, 0.1) is 0 Å². The number of imidazole rings is 1. The summed E-state index contributed by atoms with van der Waals surface area (Å²) in [5, 5.41) is 9.44. The molecule has 0 bridgehead atoms. The fraction of sp³-hybridized carbons (Fsp3) is 0.467. The van der Waals surface area contributed by atoms with Gasteiger partial charge < -0.3 is 14.4 Å². The number of fused-ring (bicyclic) bond motifs is 1. The number of hydrogen-bond acceptors (Lipinski definition) is 2. The Morgan fingerprint density at radius 1 is 1.45 bits per heavy atom. The van der Waals surface area contributed by atoms with E-state index in [0.717, 1.165) is 11.2 Å². The van der Waals surface area contributed by atoms with Crippen molar-refractivity contribution < 1.29 is 9.90 Å². The molecule has 0 spiro atoms. The topological polar surface area (TPSA) is 57.8 Å². The van der Waals surface area contributed by atoms with Crippen LogP contribution in [0.2, 0.25) is 0 Å². The van der Waals surface area contributed by atoms with Gasteiger partial charge in [-0.1, -0.05) is 6.07 Å². The van der Waals surface area contributed by atoms with Crippen molar-refractivity contribution in [3.8, 4) is 0 Å². The van der Waals surface area contributed by atoms with Gasteiger partial charge in [0, 0.05) is 30.2 Å². The number of carboxylic acid groups (broad SMARTS) is 1. The van der Waals surface area contributed by atoms with Crippen molar-refractivity contribution in [1.82, 2.24) is 14.3 Å². The van der Waals surface area contributed by atoms with Gasteiger partial charge in [-0.15, -0.1) is 0 Å². The van der Waals surface area contributed by atoms with Crippen molar-refractivity contribution in [2.24, 2.45) is 0 Å². The highest BCUT2D eigenvalue weighted by Gasteiger charge is 2.31. The van der Waals surface area contributed by atoms with Crippen molar-refractivity contribution in [3.05, 3.63) is 36.3 Å². The van der Waals surface area contributed by atoms with Crippen LogP contribution in [0.5, 0.6) is 0 Å². The van der Waals surface area contributed by atoms with Gasteiger partial charge in [0.15, 0.2) is 0 Å². The normalized spacial score (nSPS) is 13.4. The van der Waals surface area contributed by atoms with E-state index in [1.165, 1.54) is 4.90 Å². The highest BCUT2D eigenvalue weighted by atomic mass is 16.4. The monoisotopic (exact) mass is 275 g/mol. The smallest absolute Gasteiger partial charge is 0.407 e. The van der Waals surface area contributed by atoms with Crippen LogP contribution in [0.4, 0.5) is 4.79 Å². The lowest BCUT2D eigenvalue weighted by Gasteiger charge is -2.38. The Morgan fingerprint density at radius 2 is 2.15 bits per heavy atom. The number of nitrogens with zero attached hydrogens (tertiary/aromatic N) is 3. The maximum absolute atomic E-state index is 11.5. The first-order valence-corrected chi connectivity index (χ1v) is 6.73. The van der Waals surface area contributed by atoms with Crippen LogP contribution in [-0.2, 0) is 6.42 Å². The molecule has 1 amide bonds. The molecule has 0 radical (unpaired) electrons. The molecule has 1 N–H and O–H groups in total. The maximum atomic E-state index is 11.5. The van der Waals surface area contributed by atoms with Gasteiger partial charge >= 0.3 is 6.09 Å². The molecule has 2 aromatic rings. The first-order valence-electron chi connectivity index (χ1n) is 6.73. The summed E-state index contributed by atoms with van der Waals surface area (Å²) in [7, 11) is 0. The molecule has 2 aromatic heterocycles. The summed E-state index contributed by atoms with van der Waals surface area (Å²) in [6.07, 6.45) is 5.34. The summed E-state index contributed by atoms with van der Waals surface area (Å²) in [5.41, 5.74) is 1.52. The number of aromatic nitrogens is 2. The van der Waals surface area contributed by atoms with Crippen molar-refractivity contribution in [3.63, 3.8) is 0 Å². The second-order valence-electron chi connectivity index (χ2n) is 6.07. The molecule has 0 aliphatic rings. The minimum absolute atomic E-state index is 0.115. The first kappa shape index (κ1) is 14.4. The van der Waals surface area contributed by atoms with E-state index in [-0.39, 0.29) is 6.04 Å². The second kappa shape index (κ2) is 5.15. The van der Waals surface area contributed by atoms with E-state index >= 15 is 0 Å². The molecular weight excluding hydrogens is 254 g/mol. The number of rotatable bonds is 3. The van der Waals surface area contributed by atoms with Crippen LogP contribution >= 0.6 is 0 Å². The number of amides is 1. The quantitative estimate of drug-likeness (QED) is 0.936. The summed E-state index contributed by atoms with van der Waals surface area (Å²) in [6.45, 7) is 7.67. The molecule has 5 heteroatoms. The molecule has 0 aromatic carbocycles. The highest BCUT2D eigenvalue weighted by molar-refractivity contribution is 5.66. The Bertz CT molecular complexity index is 613. The average molecular weight is 275 g/mol. The van der Waals surface area contributed by atoms with E-state index < -0.39 is 11.6 Å². The van der Waals surface area contributed by atoms with Gasteiger partial charge in [0.1, 0.15) is 5.65 Å². The molecule has 2 heterocycles. The lowest BCUT2D eigenvalue weighted by molar-refractivity contribution is 0.0756. The van der Waals surface area contributed by atoms with Gasteiger partial charge in [-0.2, -0.15) is 0 Å². The van der Waals surface area contributed by atoms with Crippen LogP contribution in [0.1, 0.15) is 33.3 Å². The van der Waals surface area contributed by atoms with Crippen LogP contribution in [0, 0.1) is 0 Å². The van der Waals surface area contributed by atoms with E-state index in [4.69, 9.17) is 0 Å². The summed E-state index contributed by atoms with van der Waals surface area (Å²) in [5.74, 6) is 0. The molecular formula is C15H21N3O2. The fourth-order valence-electron chi connectivity index (χ4n) is 2.71. The molecule has 0 aliphatic heterocycles. The zero-order valence-corrected chi connectivity index (χ0v) is 12.4. The Labute approximate surface area is 118 Å². The number of hydrogen-bond donors (Lipinski definition) is 1. The van der Waals surface area contributed by atoms with Gasteiger partial charge in [0.2, 0.25) is 0 Å². The Hall–Kier alpha value is -2.04. The third-order valence-electron chi connectivity index (χ3n) is 3.38. The van der Waals surface area contributed by atoms with Gasteiger partial charge in [-0.3, -0.25) is 0 Å². The molecule has 0 aliphatic carbocycles. The Balaban J connectivity index is 2.28. The maximum Gasteiger partial charge on any atom is 0.407 e. The SMILES string of the molecule is C[C@H](Cc1cccn2ccnc12)N(C(=O)O)C(C)(C)C. The number of pyridine rings is 1. The molecule has 108 valence electrons. The Kier molecular flexibility index (Phi) is 3.70. The zero-order chi connectivity index (χ0) is 14.9. The lowest BCUT2D eigenvalue weighted by atomic mass is 10.00. The summed E-state index contributed by atoms with van der Waals surface area (Å²) in [6, 6.07) is 3.84. The molecule has 20 heavy (non-hydrogen) atoms. The molecule has 0 unspecified atom stereocenters. The largest absolute Gasteiger partial charge is 0.465 e. The molecule has 0 fully saturated rings. The summed E-state index contributed by atoms with van der Waals surface area (Å²) in [4.78, 5) is 17.3. The standard InChI is InChI=1S/C15H21N3O2/c1-11(18(14(19)20)15(2,3)4)10-12-6-5-8-17-9-7-16-13(12)17/h5-9,11H,10H2,1-4H3,(H,19,20)/t11-/m1/s1. The van der Waals surface area contributed by atoms with Crippen molar-refractivity contribution >= 4 is 11.7 Å². The molecule has 5 nitrogen and oxygen atoms in total. The minimum Gasteiger partial charge on any atom is -0.465 e. The van der Waals surface area contributed by atoms with Crippen molar-refractivity contribution in [2.75, 3.05) is 0 Å². The van der Waals surface area contributed by atoms with Crippen LogP contribution in [0.3, 0.4) is 0 Å². The predicted octanol–water partition coefficient (Wildman–Crippen LogP) is 3.04. The van der Waals surface area contributed by atoms with E-state index in [9.17, 15) is 9.90 Å². The molecule has 0 saturated heterocycles. The van der Waals surface area contributed by atoms with Crippen LogP contribution in [0.15, 0.2) is 30.7 Å². The van der Waals surface area contributed by atoms with Crippen LogP contribution in [-0.4, -0.2) is 37.1 Å².